The van der Waals surface area contributed by atoms with Gasteiger partial charge in [0, 0.05) is 12.0 Å². The molecule has 6 heteroatoms. The molecule has 0 aromatic carbocycles. The van der Waals surface area contributed by atoms with Gasteiger partial charge in [-0.1, -0.05) is 5.16 Å². The molecule has 1 spiro atoms. The van der Waals surface area contributed by atoms with Crippen molar-refractivity contribution in [2.24, 2.45) is 11.3 Å². The fourth-order valence-electron chi connectivity index (χ4n) is 2.99. The molecule has 19 heavy (non-hydrogen) atoms. The highest BCUT2D eigenvalue weighted by Gasteiger charge is 2.57. The van der Waals surface area contributed by atoms with Crippen LogP contribution in [0.25, 0.3) is 0 Å². The summed E-state index contributed by atoms with van der Waals surface area (Å²) in [5, 5.41) is 10.1. The lowest BCUT2D eigenvalue weighted by Gasteiger charge is -2.23. The molecule has 1 aromatic heterocycles. The Labute approximate surface area is 118 Å². The highest BCUT2D eigenvalue weighted by molar-refractivity contribution is 5.85. The molecular weight excluding hydrogens is 266 g/mol. The molecule has 1 unspecified atom stereocenters. The molecule has 2 aliphatic rings. The lowest BCUT2D eigenvalue weighted by Crippen LogP contribution is -2.33. The van der Waals surface area contributed by atoms with Gasteiger partial charge < -0.3 is 15.2 Å². The van der Waals surface area contributed by atoms with Crippen molar-refractivity contribution in [3.05, 3.63) is 17.5 Å². The fourth-order valence-corrected chi connectivity index (χ4v) is 2.99. The van der Waals surface area contributed by atoms with Crippen LogP contribution < -0.4 is 10.6 Å². The predicted molar refractivity (Wildman–Crippen MR) is 73.0 cm³/mol. The number of rotatable bonds is 3. The Morgan fingerprint density at radius 3 is 2.95 bits per heavy atom. The van der Waals surface area contributed by atoms with Crippen molar-refractivity contribution in [1.82, 2.24) is 15.8 Å². The lowest BCUT2D eigenvalue weighted by molar-refractivity contribution is -0.123. The van der Waals surface area contributed by atoms with E-state index < -0.39 is 0 Å². The van der Waals surface area contributed by atoms with E-state index in [1.165, 1.54) is 0 Å². The van der Waals surface area contributed by atoms with Crippen LogP contribution in [0, 0.1) is 18.3 Å². The quantitative estimate of drug-likeness (QED) is 0.881. The van der Waals surface area contributed by atoms with E-state index in [4.69, 9.17) is 4.52 Å². The van der Waals surface area contributed by atoms with E-state index in [9.17, 15) is 4.79 Å². The number of nitrogens with zero attached hydrogens (tertiary/aromatic N) is 1. The number of nitrogens with one attached hydrogen (secondary N) is 2. The van der Waals surface area contributed by atoms with Crippen LogP contribution in [-0.4, -0.2) is 24.2 Å². The molecular formula is C13H20ClN3O2. The van der Waals surface area contributed by atoms with Crippen molar-refractivity contribution in [2.45, 2.75) is 32.7 Å². The Bertz CT molecular complexity index is 454. The van der Waals surface area contributed by atoms with Crippen LogP contribution in [0.1, 0.15) is 30.7 Å². The summed E-state index contributed by atoms with van der Waals surface area (Å²) in [6, 6.07) is 1.85. The smallest absolute Gasteiger partial charge is 0.224 e. The first-order chi connectivity index (χ1) is 8.70. The first-order valence-corrected chi connectivity index (χ1v) is 6.60. The van der Waals surface area contributed by atoms with E-state index in [0.717, 1.165) is 43.8 Å². The van der Waals surface area contributed by atoms with Gasteiger partial charge in [-0.25, -0.2) is 0 Å². The summed E-state index contributed by atoms with van der Waals surface area (Å²) < 4.78 is 5.08. The summed E-state index contributed by atoms with van der Waals surface area (Å²) in [5.41, 5.74) is 1.15. The molecule has 1 saturated heterocycles. The highest BCUT2D eigenvalue weighted by atomic mass is 35.5. The maximum atomic E-state index is 12.1. The van der Waals surface area contributed by atoms with Gasteiger partial charge in [0.2, 0.25) is 5.91 Å². The van der Waals surface area contributed by atoms with Gasteiger partial charge in [-0.2, -0.15) is 0 Å². The van der Waals surface area contributed by atoms with E-state index in [1.807, 2.05) is 13.0 Å². The Balaban J connectivity index is 0.00000133. The average molecular weight is 286 g/mol. The van der Waals surface area contributed by atoms with Crippen LogP contribution in [0.15, 0.2) is 10.6 Å². The molecule has 1 aromatic rings. The summed E-state index contributed by atoms with van der Waals surface area (Å²) in [6.07, 6.45) is 3.31. The number of amides is 1. The number of aromatic nitrogens is 1. The zero-order valence-corrected chi connectivity index (χ0v) is 11.9. The normalized spacial score (nSPS) is 23.7. The standard InChI is InChI=1S/C13H19N3O2.ClH/c1-9-6-10(18-16-9)8-15-12(17)11-7-13(11)2-4-14-5-3-13;/h6,11,14H,2-5,7-8H2,1H3,(H,15,17);1H. The number of hydrogen-bond acceptors (Lipinski definition) is 4. The predicted octanol–water partition coefficient (Wildman–Crippen LogP) is 1.41. The second-order valence-corrected chi connectivity index (χ2v) is 5.52. The second kappa shape index (κ2) is 5.51. The topological polar surface area (TPSA) is 67.2 Å². The SMILES string of the molecule is Cc1cc(CNC(=O)C2CC23CCNCC3)on1.Cl. The number of aryl methyl sites for hydroxylation is 1. The van der Waals surface area contributed by atoms with Gasteiger partial charge >= 0.3 is 0 Å². The molecule has 3 rings (SSSR count). The third-order valence-electron chi connectivity index (χ3n) is 4.22. The Hall–Kier alpha value is -1.07. The van der Waals surface area contributed by atoms with E-state index >= 15 is 0 Å². The summed E-state index contributed by atoms with van der Waals surface area (Å²) in [7, 11) is 0. The van der Waals surface area contributed by atoms with Gasteiger partial charge in [-0.15, -0.1) is 12.4 Å². The Kier molecular flexibility index (Phi) is 4.16. The molecule has 1 saturated carbocycles. The molecule has 2 heterocycles. The van der Waals surface area contributed by atoms with Crippen molar-refractivity contribution >= 4 is 18.3 Å². The van der Waals surface area contributed by atoms with Gasteiger partial charge in [0.1, 0.15) is 0 Å². The van der Waals surface area contributed by atoms with E-state index in [2.05, 4.69) is 15.8 Å². The Morgan fingerprint density at radius 1 is 1.58 bits per heavy atom. The van der Waals surface area contributed by atoms with E-state index in [-0.39, 0.29) is 24.2 Å². The molecule has 1 aliphatic carbocycles. The third kappa shape index (κ3) is 2.92. The van der Waals surface area contributed by atoms with Crippen LogP contribution in [0.4, 0.5) is 0 Å². The van der Waals surface area contributed by atoms with Crippen molar-refractivity contribution in [3.63, 3.8) is 0 Å². The minimum absolute atomic E-state index is 0. The summed E-state index contributed by atoms with van der Waals surface area (Å²) in [4.78, 5) is 12.1. The molecule has 0 bridgehead atoms. The molecule has 2 fully saturated rings. The largest absolute Gasteiger partial charge is 0.359 e. The van der Waals surface area contributed by atoms with E-state index in [1.54, 1.807) is 0 Å². The number of carbonyl (C=O) groups excluding carboxylic acids is 1. The first kappa shape index (κ1) is 14.3. The maximum absolute atomic E-state index is 12.1. The monoisotopic (exact) mass is 285 g/mol. The first-order valence-electron chi connectivity index (χ1n) is 6.60. The van der Waals surface area contributed by atoms with Crippen molar-refractivity contribution in [3.8, 4) is 0 Å². The van der Waals surface area contributed by atoms with E-state index in [0.29, 0.717) is 12.0 Å². The van der Waals surface area contributed by atoms with Crippen LogP contribution >= 0.6 is 12.4 Å². The minimum atomic E-state index is 0. The molecule has 1 aliphatic heterocycles. The lowest BCUT2D eigenvalue weighted by atomic mass is 9.92. The van der Waals surface area contributed by atoms with Gasteiger partial charge in [0.05, 0.1) is 12.2 Å². The summed E-state index contributed by atoms with van der Waals surface area (Å²) in [6.45, 7) is 4.42. The molecule has 1 amide bonds. The van der Waals surface area contributed by atoms with Crippen LogP contribution in [0.2, 0.25) is 0 Å². The Morgan fingerprint density at radius 2 is 2.32 bits per heavy atom. The maximum Gasteiger partial charge on any atom is 0.224 e. The van der Waals surface area contributed by atoms with Gasteiger partial charge in [0.15, 0.2) is 5.76 Å². The van der Waals surface area contributed by atoms with Crippen LogP contribution in [0.5, 0.6) is 0 Å². The molecule has 5 nitrogen and oxygen atoms in total. The number of piperidine rings is 1. The number of halogens is 1. The zero-order valence-electron chi connectivity index (χ0n) is 11.1. The van der Waals surface area contributed by atoms with Gasteiger partial charge in [-0.05, 0) is 44.7 Å². The molecule has 0 radical (unpaired) electrons. The molecule has 106 valence electrons. The van der Waals surface area contributed by atoms with Crippen LogP contribution in [0.3, 0.4) is 0 Å². The minimum Gasteiger partial charge on any atom is -0.359 e. The molecule has 2 N–H and O–H groups in total. The highest BCUT2D eigenvalue weighted by Crippen LogP contribution is 2.58. The van der Waals surface area contributed by atoms with Crippen LogP contribution in [-0.2, 0) is 11.3 Å². The zero-order chi connectivity index (χ0) is 12.6. The summed E-state index contributed by atoms with van der Waals surface area (Å²) >= 11 is 0. The fraction of sp³-hybridized carbons (Fsp3) is 0.692. The van der Waals surface area contributed by atoms with Crippen molar-refractivity contribution in [1.29, 1.82) is 0 Å². The van der Waals surface area contributed by atoms with Crippen molar-refractivity contribution in [2.75, 3.05) is 13.1 Å². The average Bonchev–Trinajstić information content (AvgIpc) is 2.89. The van der Waals surface area contributed by atoms with Crippen molar-refractivity contribution < 1.29 is 9.32 Å². The number of carbonyl (C=O) groups is 1. The van der Waals surface area contributed by atoms with Gasteiger partial charge in [-0.3, -0.25) is 4.79 Å². The van der Waals surface area contributed by atoms with Gasteiger partial charge in [0.25, 0.3) is 0 Å². The number of hydrogen-bond donors (Lipinski definition) is 2. The second-order valence-electron chi connectivity index (χ2n) is 5.52. The molecule has 1 atom stereocenters. The third-order valence-corrected chi connectivity index (χ3v) is 4.22. The summed E-state index contributed by atoms with van der Waals surface area (Å²) in [5.74, 6) is 1.11.